The third kappa shape index (κ3) is 4.15. The molecule has 15 heavy (non-hydrogen) atoms. The van der Waals surface area contributed by atoms with Gasteiger partial charge in [-0.2, -0.15) is 4.90 Å². The van der Waals surface area contributed by atoms with Crippen LogP contribution in [0.3, 0.4) is 0 Å². The Morgan fingerprint density at radius 1 is 1.47 bits per heavy atom. The summed E-state index contributed by atoms with van der Waals surface area (Å²) in [6.45, 7) is 0.351. The number of methoxy groups -OCH3 is 1. The first-order valence-electron chi connectivity index (χ1n) is 4.06. The van der Waals surface area contributed by atoms with Crippen molar-refractivity contribution in [3.8, 4) is 0 Å². The maximum atomic E-state index is 11.4. The fraction of sp³-hybridized carbons (Fsp3) is 0.571. The van der Waals surface area contributed by atoms with E-state index in [1.165, 1.54) is 14.2 Å². The Hall–Kier alpha value is -1.31. The van der Waals surface area contributed by atoms with Crippen LogP contribution in [-0.4, -0.2) is 49.0 Å². The van der Waals surface area contributed by atoms with Gasteiger partial charge < -0.3 is 15.4 Å². The van der Waals surface area contributed by atoms with Crippen LogP contribution in [0.15, 0.2) is 0 Å². The first-order chi connectivity index (χ1) is 7.08. The van der Waals surface area contributed by atoms with Gasteiger partial charge in [0.05, 0.1) is 7.11 Å². The first-order valence-corrected chi connectivity index (χ1v) is 5.18. The molecule has 0 heterocycles. The Balaban J connectivity index is 4.55. The minimum Gasteiger partial charge on any atom is -0.468 e. The van der Waals surface area contributed by atoms with E-state index in [-0.39, 0.29) is 0 Å². The number of halogens is 1. The zero-order valence-electron chi connectivity index (χ0n) is 8.46. The number of imide groups is 1. The van der Waals surface area contributed by atoms with Crippen molar-refractivity contribution in [2.24, 2.45) is 0 Å². The number of nitrogens with zero attached hydrogens (tertiary/aromatic N) is 1. The van der Waals surface area contributed by atoms with Crippen LogP contribution in [0.5, 0.6) is 0 Å². The van der Waals surface area contributed by atoms with Crippen molar-refractivity contribution in [1.29, 1.82) is 5.41 Å². The highest BCUT2D eigenvalue weighted by molar-refractivity contribution is 9.09. The molecule has 0 radical (unpaired) electrons. The summed E-state index contributed by atoms with van der Waals surface area (Å²) >= 11 is 3.12. The molecular weight excluding hydrogens is 268 g/mol. The zero-order chi connectivity index (χ0) is 11.8. The normalized spacial score (nSPS) is 9.00. The first kappa shape index (κ1) is 13.7. The smallest absolute Gasteiger partial charge is 0.333 e. The van der Waals surface area contributed by atoms with Crippen LogP contribution in [0.1, 0.15) is 0 Å². The number of alkyl halides is 1. The predicted octanol–water partition coefficient (Wildman–Crippen LogP) is 0.313. The lowest BCUT2D eigenvalue weighted by molar-refractivity contribution is 0.196. The second kappa shape index (κ2) is 7.04. The summed E-state index contributed by atoms with van der Waals surface area (Å²) in [6.07, 6.45) is 0. The summed E-state index contributed by atoms with van der Waals surface area (Å²) in [6, 6.07) is -1.98. The largest absolute Gasteiger partial charge is 0.468 e. The average molecular weight is 281 g/mol. The van der Waals surface area contributed by atoms with Crippen molar-refractivity contribution in [2.75, 3.05) is 26.0 Å². The Labute approximate surface area is 95.8 Å². The van der Waals surface area contributed by atoms with Gasteiger partial charge in [0.25, 0.3) is 0 Å². The van der Waals surface area contributed by atoms with Crippen LogP contribution in [0.4, 0.5) is 9.59 Å². The second-order valence-electron chi connectivity index (χ2n) is 2.32. The summed E-state index contributed by atoms with van der Waals surface area (Å²) < 4.78 is 4.51. The molecule has 0 aliphatic carbocycles. The standard InChI is InChI=1S/C7H13BrN4O3/c1-10-6(13)12(5(9)15-2)7(14)11-4-3-8/h9H,3-4H2,1-2H3,(H,10,13)(H,11,14). The number of ether oxygens (including phenoxy) is 1. The fourth-order valence-corrected chi connectivity index (χ4v) is 0.911. The molecule has 0 rings (SSSR count). The van der Waals surface area contributed by atoms with Crippen LogP contribution in [-0.2, 0) is 4.74 Å². The van der Waals surface area contributed by atoms with Crippen LogP contribution >= 0.6 is 15.9 Å². The van der Waals surface area contributed by atoms with Gasteiger partial charge in [-0.3, -0.25) is 5.41 Å². The number of carbonyl (C=O) groups excluding carboxylic acids is 2. The van der Waals surface area contributed by atoms with Crippen molar-refractivity contribution in [3.63, 3.8) is 0 Å². The highest BCUT2D eigenvalue weighted by atomic mass is 79.9. The van der Waals surface area contributed by atoms with Gasteiger partial charge in [-0.15, -0.1) is 0 Å². The summed E-state index contributed by atoms with van der Waals surface area (Å²) in [7, 11) is 2.56. The van der Waals surface area contributed by atoms with E-state index in [2.05, 4.69) is 31.3 Å². The lowest BCUT2D eigenvalue weighted by Gasteiger charge is -2.19. The topological polar surface area (TPSA) is 94.5 Å². The number of amidine groups is 1. The lowest BCUT2D eigenvalue weighted by atomic mass is 10.6. The molecule has 3 N–H and O–H groups in total. The highest BCUT2D eigenvalue weighted by Gasteiger charge is 2.25. The molecule has 0 aromatic carbocycles. The van der Waals surface area contributed by atoms with E-state index in [0.717, 1.165) is 0 Å². The van der Waals surface area contributed by atoms with Gasteiger partial charge >= 0.3 is 18.1 Å². The van der Waals surface area contributed by atoms with E-state index in [0.29, 0.717) is 16.8 Å². The van der Waals surface area contributed by atoms with Crippen LogP contribution in [0.25, 0.3) is 0 Å². The lowest BCUT2D eigenvalue weighted by Crippen LogP contribution is -2.51. The Morgan fingerprint density at radius 3 is 2.47 bits per heavy atom. The summed E-state index contributed by atoms with van der Waals surface area (Å²) in [4.78, 5) is 23.2. The summed E-state index contributed by atoms with van der Waals surface area (Å²) in [5.41, 5.74) is 0. The van der Waals surface area contributed by atoms with Gasteiger partial charge in [0.15, 0.2) is 0 Å². The van der Waals surface area contributed by atoms with Crippen molar-refractivity contribution < 1.29 is 14.3 Å². The minimum atomic E-state index is -0.728. The van der Waals surface area contributed by atoms with E-state index in [1.807, 2.05) is 0 Å². The second-order valence-corrected chi connectivity index (χ2v) is 3.11. The number of nitrogens with one attached hydrogen (secondary N) is 3. The molecule has 0 aliphatic heterocycles. The SMILES string of the molecule is CNC(=O)N(C(=N)OC)C(=O)NCCBr. The van der Waals surface area contributed by atoms with Crippen molar-refractivity contribution in [2.45, 2.75) is 0 Å². The van der Waals surface area contributed by atoms with E-state index < -0.39 is 18.1 Å². The van der Waals surface area contributed by atoms with Crippen molar-refractivity contribution in [3.05, 3.63) is 0 Å². The molecule has 0 aliphatic rings. The Bertz CT molecular complexity index is 243. The van der Waals surface area contributed by atoms with Gasteiger partial charge in [-0.1, -0.05) is 15.9 Å². The van der Waals surface area contributed by atoms with Gasteiger partial charge in [0.2, 0.25) is 0 Å². The Kier molecular flexibility index (Phi) is 6.43. The third-order valence-electron chi connectivity index (χ3n) is 1.39. The number of hydrogen-bond acceptors (Lipinski definition) is 4. The molecule has 7 nitrogen and oxygen atoms in total. The molecule has 0 atom stereocenters. The molecule has 0 aromatic rings. The molecule has 0 spiro atoms. The molecule has 0 saturated heterocycles. The molecule has 0 bridgehead atoms. The quantitative estimate of drug-likeness (QED) is 0.386. The third-order valence-corrected chi connectivity index (χ3v) is 1.78. The number of urea groups is 2. The Morgan fingerprint density at radius 2 is 2.07 bits per heavy atom. The van der Waals surface area contributed by atoms with Crippen LogP contribution in [0.2, 0.25) is 0 Å². The van der Waals surface area contributed by atoms with Crippen molar-refractivity contribution >= 4 is 34.0 Å². The molecule has 4 amide bonds. The molecular formula is C7H13BrN4O3. The van der Waals surface area contributed by atoms with Crippen molar-refractivity contribution in [1.82, 2.24) is 15.5 Å². The van der Waals surface area contributed by atoms with Crippen LogP contribution in [0, 0.1) is 5.41 Å². The average Bonchev–Trinajstić information content (AvgIpc) is 2.25. The zero-order valence-corrected chi connectivity index (χ0v) is 10.1. The predicted molar refractivity (Wildman–Crippen MR) is 58.2 cm³/mol. The molecule has 0 fully saturated rings. The van der Waals surface area contributed by atoms with Crippen LogP contribution < -0.4 is 10.6 Å². The van der Waals surface area contributed by atoms with Gasteiger partial charge in [0, 0.05) is 18.9 Å². The monoisotopic (exact) mass is 280 g/mol. The van der Waals surface area contributed by atoms with Gasteiger partial charge in [-0.25, -0.2) is 9.59 Å². The van der Waals surface area contributed by atoms with E-state index in [4.69, 9.17) is 5.41 Å². The molecule has 86 valence electrons. The number of amides is 4. The maximum absolute atomic E-state index is 11.4. The van der Waals surface area contributed by atoms with E-state index in [1.54, 1.807) is 0 Å². The molecule has 0 aromatic heterocycles. The summed E-state index contributed by atoms with van der Waals surface area (Å²) in [5.74, 6) is 0. The van der Waals surface area contributed by atoms with Gasteiger partial charge in [0.1, 0.15) is 0 Å². The van der Waals surface area contributed by atoms with Gasteiger partial charge in [-0.05, 0) is 0 Å². The fourth-order valence-electron chi connectivity index (χ4n) is 0.713. The number of carbonyl (C=O) groups is 2. The highest BCUT2D eigenvalue weighted by Crippen LogP contribution is 1.94. The molecule has 0 saturated carbocycles. The summed E-state index contributed by atoms with van der Waals surface area (Å²) in [5, 5.41) is 12.5. The van der Waals surface area contributed by atoms with E-state index >= 15 is 0 Å². The van der Waals surface area contributed by atoms with E-state index in [9.17, 15) is 9.59 Å². The molecule has 0 unspecified atom stereocenters. The minimum absolute atomic E-state index is 0.351. The molecule has 8 heteroatoms. The number of rotatable bonds is 2. The maximum Gasteiger partial charge on any atom is 0.333 e. The number of hydrogen-bond donors (Lipinski definition) is 3.